The molecule has 8 heteroatoms. The molecule has 0 aliphatic rings. The van der Waals surface area contributed by atoms with Gasteiger partial charge in [-0.1, -0.05) is 81.4 Å². The first kappa shape index (κ1) is 41.6. The number of benzene rings is 4. The fourth-order valence-electron chi connectivity index (χ4n) is 7.10. The highest BCUT2D eigenvalue weighted by Crippen LogP contribution is 2.51. The summed E-state index contributed by atoms with van der Waals surface area (Å²) in [5.74, 6) is 3.12. The zero-order valence-electron chi connectivity index (χ0n) is 36.0. The summed E-state index contributed by atoms with van der Waals surface area (Å²) in [5, 5.41) is 2.32. The van der Waals surface area contributed by atoms with Crippen molar-refractivity contribution in [2.75, 3.05) is 0 Å². The predicted molar refractivity (Wildman–Crippen MR) is 241 cm³/mol. The molecule has 4 atom stereocenters. The maximum absolute atomic E-state index is 7.06. The average Bonchev–Trinajstić information content (AvgIpc) is 3.68. The summed E-state index contributed by atoms with van der Waals surface area (Å²) in [4.78, 5) is 0. The van der Waals surface area contributed by atoms with E-state index in [0.29, 0.717) is 0 Å². The van der Waals surface area contributed by atoms with E-state index >= 15 is 0 Å². The molecule has 6 aromatic rings. The lowest BCUT2D eigenvalue weighted by Crippen LogP contribution is -2.19. The normalized spacial score (nSPS) is 14.0. The van der Waals surface area contributed by atoms with Crippen molar-refractivity contribution in [1.29, 1.82) is 0 Å². The molecule has 0 spiro atoms. The highest BCUT2D eigenvalue weighted by molar-refractivity contribution is 7.33. The zero-order valence-corrected chi connectivity index (χ0v) is 38.0. The summed E-state index contributed by atoms with van der Waals surface area (Å²) in [7, 11) is 4.25. The van der Waals surface area contributed by atoms with E-state index in [-0.39, 0.29) is 45.6 Å². The van der Waals surface area contributed by atoms with Crippen LogP contribution in [0.1, 0.15) is 105 Å². The van der Waals surface area contributed by atoms with Gasteiger partial charge in [-0.05, 0) is 108 Å². The minimum Gasteiger partial charge on any atom is -0.483 e. The molecule has 0 saturated carbocycles. The Labute approximate surface area is 339 Å². The van der Waals surface area contributed by atoms with Gasteiger partial charge in [-0.2, -0.15) is 0 Å². The van der Waals surface area contributed by atoms with Gasteiger partial charge in [-0.3, -0.25) is 0 Å². The third kappa shape index (κ3) is 9.25. The first-order valence-corrected chi connectivity index (χ1v) is 21.8. The Bertz CT molecular complexity index is 2330. The molecule has 4 aromatic carbocycles. The molecule has 6 rings (SSSR count). The average molecular weight is 793 g/mol. The van der Waals surface area contributed by atoms with Crippen LogP contribution in [0.4, 0.5) is 0 Å². The van der Waals surface area contributed by atoms with Crippen molar-refractivity contribution in [2.24, 2.45) is 14.1 Å². The molecule has 4 unspecified atom stereocenters. The van der Waals surface area contributed by atoms with Crippen LogP contribution in [-0.4, -0.2) is 20.8 Å². The van der Waals surface area contributed by atoms with E-state index in [9.17, 15) is 0 Å². The van der Waals surface area contributed by atoms with Gasteiger partial charge in [0.25, 0.3) is 0 Å². The molecule has 0 amide bonds. The molecule has 0 fully saturated rings. The molecule has 0 saturated heterocycles. The van der Waals surface area contributed by atoms with Crippen LogP contribution in [0.2, 0.25) is 0 Å². The van der Waals surface area contributed by atoms with Crippen LogP contribution in [0, 0.1) is 0 Å². The monoisotopic (exact) mass is 792 g/mol. The topological polar surface area (TPSA) is 46.8 Å². The van der Waals surface area contributed by atoms with Gasteiger partial charge < -0.3 is 27.7 Å². The van der Waals surface area contributed by atoms with E-state index in [0.717, 1.165) is 51.3 Å². The Balaban J connectivity index is 1.41. The van der Waals surface area contributed by atoms with Gasteiger partial charge in [0.1, 0.15) is 52.3 Å². The Kier molecular flexibility index (Phi) is 12.0. The Morgan fingerprint density at radius 2 is 1.00 bits per heavy atom. The number of aromatic nitrogens is 2. The summed E-state index contributed by atoms with van der Waals surface area (Å²) >= 11 is 0. The Hall–Kier alpha value is -3.98. The minimum absolute atomic E-state index is 0.0590. The summed E-state index contributed by atoms with van der Waals surface area (Å²) in [6, 6.07) is 26.1. The molecular weight excluding hydrogens is 730 g/mol. The van der Waals surface area contributed by atoms with Crippen LogP contribution in [-0.2, 0) is 36.8 Å². The van der Waals surface area contributed by atoms with Crippen molar-refractivity contribution in [1.82, 2.24) is 9.13 Å². The van der Waals surface area contributed by atoms with E-state index in [1.807, 2.05) is 12.1 Å². The van der Waals surface area contributed by atoms with Crippen molar-refractivity contribution < 1.29 is 18.5 Å². The largest absolute Gasteiger partial charge is 0.483 e. The lowest BCUT2D eigenvalue weighted by molar-refractivity contribution is 0.295. The van der Waals surface area contributed by atoms with Crippen molar-refractivity contribution >= 4 is 39.4 Å². The summed E-state index contributed by atoms with van der Waals surface area (Å²) in [6.07, 6.45) is 5.06. The van der Waals surface area contributed by atoms with Crippen molar-refractivity contribution in [2.45, 2.75) is 117 Å². The van der Waals surface area contributed by atoms with Crippen molar-refractivity contribution in [3.8, 4) is 34.1 Å². The molecule has 0 aliphatic carbocycles. The van der Waals surface area contributed by atoms with Crippen LogP contribution in [0.25, 0.3) is 32.9 Å². The second-order valence-corrected chi connectivity index (χ2v) is 20.8. The third-order valence-electron chi connectivity index (χ3n) is 10.4. The molecule has 6 nitrogen and oxygen atoms in total. The number of hydrogen-bond donors (Lipinski definition) is 0. The van der Waals surface area contributed by atoms with Gasteiger partial charge in [0, 0.05) is 70.5 Å². The second-order valence-electron chi connectivity index (χ2n) is 18.3. The van der Waals surface area contributed by atoms with Gasteiger partial charge >= 0.3 is 0 Å². The maximum atomic E-state index is 7.06. The number of aryl methyl sites for hydroxylation is 3. The van der Waals surface area contributed by atoms with Gasteiger partial charge in [-0.25, -0.2) is 0 Å². The first-order valence-electron chi connectivity index (χ1n) is 19.9. The highest BCUT2D eigenvalue weighted by atomic mass is 31.1. The van der Waals surface area contributed by atoms with E-state index in [1.165, 1.54) is 33.3 Å². The molecule has 0 N–H and O–H groups in total. The van der Waals surface area contributed by atoms with Crippen LogP contribution >= 0.6 is 17.6 Å². The third-order valence-corrected chi connectivity index (χ3v) is 12.0. The second kappa shape index (κ2) is 16.1. The molecule has 298 valence electrons. The summed E-state index contributed by atoms with van der Waals surface area (Å²) in [6.45, 7) is 26.9. The van der Waals surface area contributed by atoms with E-state index in [1.54, 1.807) is 0 Å². The SMILES string of the molecule is CCc1cc(-c2cc(C(C)(C)C)cc(C(C)(C)C)c2OPC(C)Oc2ccc3c(ccn3C)c2)c(OPC(C)Oc2ccc3c(ccn3C)c2)c(C(C)(C)C)c1. The van der Waals surface area contributed by atoms with Gasteiger partial charge in [0.2, 0.25) is 0 Å². The Morgan fingerprint density at radius 3 is 1.43 bits per heavy atom. The highest BCUT2D eigenvalue weighted by Gasteiger charge is 2.31. The summed E-state index contributed by atoms with van der Waals surface area (Å²) in [5.41, 5.74) is 8.87. The zero-order chi connectivity index (χ0) is 40.7. The van der Waals surface area contributed by atoms with Gasteiger partial charge in [0.15, 0.2) is 0 Å². The van der Waals surface area contributed by atoms with Crippen LogP contribution in [0.3, 0.4) is 0 Å². The minimum atomic E-state index is -0.196. The van der Waals surface area contributed by atoms with E-state index < -0.39 is 0 Å². The molecule has 0 aliphatic heterocycles. The lowest BCUT2D eigenvalue weighted by atomic mass is 9.77. The lowest BCUT2D eigenvalue weighted by Gasteiger charge is -2.32. The fraction of sp³-hybridized carbons (Fsp3) is 0.417. The number of hydrogen-bond acceptors (Lipinski definition) is 4. The fourth-order valence-corrected chi connectivity index (χ4v) is 8.47. The standard InChI is InChI=1S/C48H62N2O4P2/c1-15-32-24-38(44(40(25-32)47(7,8)9)53-55-30(2)51-36-16-18-42-33(26-36)20-22-49(42)13)39-28-35(46(4,5)6)29-41(48(10,11)12)45(39)54-56-31(3)52-37-17-19-43-34(27-37)21-23-50(43)14/h16-31,55-56H,15H2,1-14H3. The number of rotatable bonds is 12. The maximum Gasteiger partial charge on any atom is 0.148 e. The first-order chi connectivity index (χ1) is 26.2. The summed E-state index contributed by atoms with van der Waals surface area (Å²) < 4.78 is 31.4. The molecule has 0 radical (unpaired) electrons. The Morgan fingerprint density at radius 1 is 0.554 bits per heavy atom. The smallest absolute Gasteiger partial charge is 0.148 e. The van der Waals surface area contributed by atoms with E-state index in [2.05, 4.69) is 179 Å². The molecule has 2 aromatic heterocycles. The molecule has 56 heavy (non-hydrogen) atoms. The number of nitrogens with zero attached hydrogens (tertiary/aromatic N) is 2. The predicted octanol–water partition coefficient (Wildman–Crippen LogP) is 13.6. The van der Waals surface area contributed by atoms with Gasteiger partial charge in [-0.15, -0.1) is 0 Å². The van der Waals surface area contributed by atoms with Gasteiger partial charge in [0.05, 0.1) is 0 Å². The van der Waals surface area contributed by atoms with Crippen molar-refractivity contribution in [3.63, 3.8) is 0 Å². The number of fused-ring (bicyclic) bond motifs is 2. The quantitative estimate of drug-likeness (QED) is 0.116. The van der Waals surface area contributed by atoms with E-state index in [4.69, 9.17) is 18.5 Å². The molecule has 0 bridgehead atoms. The van der Waals surface area contributed by atoms with Crippen LogP contribution in [0.15, 0.2) is 85.2 Å². The number of ether oxygens (including phenoxy) is 2. The molecular formula is C48H62N2O4P2. The van der Waals surface area contributed by atoms with Crippen molar-refractivity contribution in [3.05, 3.63) is 107 Å². The van der Waals surface area contributed by atoms with Crippen LogP contribution < -0.4 is 18.5 Å². The van der Waals surface area contributed by atoms with Crippen LogP contribution in [0.5, 0.6) is 23.0 Å². The molecule has 2 heterocycles.